The lowest BCUT2D eigenvalue weighted by Gasteiger charge is -2.33. The molecule has 2 aromatic heterocycles. The van der Waals surface area contributed by atoms with Crippen LogP contribution in [0.4, 0.5) is 11.5 Å². The number of aromatic nitrogens is 4. The van der Waals surface area contributed by atoms with Gasteiger partial charge < -0.3 is 14.5 Å². The average Bonchev–Trinajstić information content (AvgIpc) is 3.26. The molecule has 0 radical (unpaired) electrons. The molecule has 9 nitrogen and oxygen atoms in total. The van der Waals surface area contributed by atoms with E-state index < -0.39 is 0 Å². The third-order valence-corrected chi connectivity index (χ3v) is 6.92. The fraction of sp³-hybridized carbons (Fsp3) is 0.524. The summed E-state index contributed by atoms with van der Waals surface area (Å²) in [6.45, 7) is 5.34. The lowest BCUT2D eigenvalue weighted by molar-refractivity contribution is 0.122. The Labute approximate surface area is 184 Å². The van der Waals surface area contributed by atoms with Gasteiger partial charge in [0.25, 0.3) is 0 Å². The fourth-order valence-corrected chi connectivity index (χ4v) is 5.36. The van der Waals surface area contributed by atoms with Crippen LogP contribution in [0, 0.1) is 10.8 Å². The van der Waals surface area contributed by atoms with E-state index in [1.807, 2.05) is 5.38 Å². The Morgan fingerprint density at radius 2 is 2.06 bits per heavy atom. The number of anilines is 2. The van der Waals surface area contributed by atoms with E-state index in [2.05, 4.69) is 53.6 Å². The van der Waals surface area contributed by atoms with Crippen LogP contribution in [0.15, 0.2) is 28.8 Å². The Bertz CT molecular complexity index is 1050. The molecule has 2 saturated heterocycles. The van der Waals surface area contributed by atoms with Crippen molar-refractivity contribution in [3.8, 4) is 0 Å². The van der Waals surface area contributed by atoms with Gasteiger partial charge >= 0.3 is 0 Å². The van der Waals surface area contributed by atoms with Crippen LogP contribution in [-0.4, -0.2) is 59.8 Å². The van der Waals surface area contributed by atoms with Crippen molar-refractivity contribution in [3.05, 3.63) is 39.2 Å². The van der Waals surface area contributed by atoms with E-state index in [4.69, 9.17) is 4.74 Å². The van der Waals surface area contributed by atoms with E-state index in [1.54, 1.807) is 11.3 Å². The van der Waals surface area contributed by atoms with Gasteiger partial charge in [-0.25, -0.2) is 4.98 Å². The fourth-order valence-electron chi connectivity index (χ4n) is 4.46. The molecule has 0 amide bonds. The van der Waals surface area contributed by atoms with E-state index in [0.29, 0.717) is 5.92 Å². The van der Waals surface area contributed by atoms with Gasteiger partial charge in [0.2, 0.25) is 0 Å². The van der Waals surface area contributed by atoms with Crippen LogP contribution >= 0.6 is 11.3 Å². The zero-order chi connectivity index (χ0) is 21.0. The topological polar surface area (TPSA) is 96.7 Å². The Kier molecular flexibility index (Phi) is 5.99. The molecule has 0 saturated carbocycles. The van der Waals surface area contributed by atoms with Crippen molar-refractivity contribution in [1.29, 1.82) is 0 Å². The van der Waals surface area contributed by atoms with Crippen LogP contribution in [0.3, 0.4) is 0 Å². The van der Waals surface area contributed by atoms with Crippen molar-refractivity contribution in [2.24, 2.45) is 11.1 Å². The van der Waals surface area contributed by atoms with Gasteiger partial charge in [0.15, 0.2) is 5.82 Å². The minimum atomic E-state index is 0.151. The van der Waals surface area contributed by atoms with E-state index in [0.717, 1.165) is 91.8 Å². The van der Waals surface area contributed by atoms with Gasteiger partial charge in [-0.15, -0.1) is 21.5 Å². The molecule has 1 aromatic carbocycles. The van der Waals surface area contributed by atoms with Gasteiger partial charge in [-0.1, -0.05) is 5.18 Å². The molecular formula is C21H25N7O2S. The van der Waals surface area contributed by atoms with Crippen LogP contribution in [-0.2, 0) is 17.7 Å². The molecule has 31 heavy (non-hydrogen) atoms. The van der Waals surface area contributed by atoms with Crippen molar-refractivity contribution >= 4 is 33.7 Å². The van der Waals surface area contributed by atoms with Crippen molar-refractivity contribution in [1.82, 2.24) is 20.4 Å². The smallest absolute Gasteiger partial charge is 0.162 e. The summed E-state index contributed by atoms with van der Waals surface area (Å²) in [6, 6.07) is 6.39. The number of rotatable bonds is 6. The quantitative estimate of drug-likeness (QED) is 0.541. The molecule has 162 valence electrons. The highest BCUT2D eigenvalue weighted by molar-refractivity contribution is 7.09. The third-order valence-electron chi connectivity index (χ3n) is 6.00. The first-order valence-electron chi connectivity index (χ1n) is 10.7. The Hall–Kier alpha value is -2.72. The zero-order valence-corrected chi connectivity index (χ0v) is 18.1. The molecule has 0 bridgehead atoms. The van der Waals surface area contributed by atoms with Gasteiger partial charge in [-0.2, -0.15) is 4.91 Å². The van der Waals surface area contributed by atoms with Crippen LogP contribution < -0.4 is 9.80 Å². The van der Waals surface area contributed by atoms with Gasteiger partial charge in [-0.3, -0.25) is 0 Å². The van der Waals surface area contributed by atoms with Gasteiger partial charge in [-0.05, 0) is 42.2 Å². The van der Waals surface area contributed by atoms with E-state index >= 15 is 0 Å². The molecule has 3 aromatic rings. The number of hydrogen-bond donors (Lipinski definition) is 0. The maximum absolute atomic E-state index is 10.5. The van der Waals surface area contributed by atoms with Crippen LogP contribution in [0.1, 0.15) is 23.5 Å². The summed E-state index contributed by atoms with van der Waals surface area (Å²) in [5.74, 6) is 1.41. The number of ether oxygens (including phenoxy) is 1. The molecule has 1 unspecified atom stereocenters. The summed E-state index contributed by atoms with van der Waals surface area (Å²) in [5, 5.41) is 19.8. The summed E-state index contributed by atoms with van der Waals surface area (Å²) < 4.78 is 5.46. The maximum Gasteiger partial charge on any atom is 0.162 e. The minimum Gasteiger partial charge on any atom is -0.378 e. The number of piperidine rings is 1. The molecule has 4 heterocycles. The lowest BCUT2D eigenvalue weighted by atomic mass is 9.95. The molecule has 5 rings (SSSR count). The van der Waals surface area contributed by atoms with E-state index in [-0.39, 0.29) is 6.54 Å². The molecule has 2 fully saturated rings. The van der Waals surface area contributed by atoms with Gasteiger partial charge in [0.05, 0.1) is 23.9 Å². The minimum absolute atomic E-state index is 0.151. The number of nitroso groups, excluding NO2 is 1. The summed E-state index contributed by atoms with van der Waals surface area (Å²) in [4.78, 5) is 19.7. The molecule has 0 N–H and O–H groups in total. The predicted molar refractivity (Wildman–Crippen MR) is 121 cm³/mol. The SMILES string of the molecule is O=NCc1csc(CC2CCCN(c3nnnc4cc(N5CCOCC5)ccc34)C2)n1. The van der Waals surface area contributed by atoms with Crippen LogP contribution in [0.5, 0.6) is 0 Å². The van der Waals surface area contributed by atoms with Gasteiger partial charge in [0, 0.05) is 49.1 Å². The summed E-state index contributed by atoms with van der Waals surface area (Å²) in [6.07, 6.45) is 3.18. The normalized spacial score (nSPS) is 19.7. The second-order valence-electron chi connectivity index (χ2n) is 8.09. The number of hydrogen-bond acceptors (Lipinski definition) is 10. The first kappa shape index (κ1) is 20.2. The second kappa shape index (κ2) is 9.19. The van der Waals surface area contributed by atoms with Crippen molar-refractivity contribution in [2.45, 2.75) is 25.8 Å². The first-order valence-corrected chi connectivity index (χ1v) is 11.6. The predicted octanol–water partition coefficient (Wildman–Crippen LogP) is 3.04. The molecular weight excluding hydrogens is 414 g/mol. The third kappa shape index (κ3) is 4.49. The van der Waals surface area contributed by atoms with Crippen molar-refractivity contribution in [3.63, 3.8) is 0 Å². The number of benzene rings is 1. The number of fused-ring (bicyclic) bond motifs is 1. The molecule has 10 heteroatoms. The molecule has 1 atom stereocenters. The summed E-state index contributed by atoms with van der Waals surface area (Å²) >= 11 is 1.62. The average molecular weight is 440 g/mol. The van der Waals surface area contributed by atoms with Crippen LogP contribution in [0.25, 0.3) is 10.9 Å². The number of morpholine rings is 1. The van der Waals surface area contributed by atoms with Crippen molar-refractivity contribution in [2.75, 3.05) is 49.2 Å². The van der Waals surface area contributed by atoms with E-state index in [1.165, 1.54) is 0 Å². The molecule has 2 aliphatic heterocycles. The summed E-state index contributed by atoms with van der Waals surface area (Å²) in [5.41, 5.74) is 2.80. The highest BCUT2D eigenvalue weighted by Crippen LogP contribution is 2.31. The van der Waals surface area contributed by atoms with Crippen molar-refractivity contribution < 1.29 is 4.74 Å². The highest BCUT2D eigenvalue weighted by Gasteiger charge is 2.24. The molecule has 0 aliphatic carbocycles. The lowest BCUT2D eigenvalue weighted by Crippen LogP contribution is -2.37. The molecule has 2 aliphatic rings. The van der Waals surface area contributed by atoms with Gasteiger partial charge in [0.1, 0.15) is 12.1 Å². The first-order chi connectivity index (χ1) is 15.3. The number of nitrogens with zero attached hydrogens (tertiary/aromatic N) is 7. The van der Waals surface area contributed by atoms with E-state index in [9.17, 15) is 4.91 Å². The van der Waals surface area contributed by atoms with Crippen LogP contribution in [0.2, 0.25) is 0 Å². The molecule has 0 spiro atoms. The highest BCUT2D eigenvalue weighted by atomic mass is 32.1. The largest absolute Gasteiger partial charge is 0.378 e. The Balaban J connectivity index is 1.33. The Morgan fingerprint density at radius 1 is 1.16 bits per heavy atom. The standard InChI is InChI=1S/C21H25N7O2S/c29-22-12-16-14-31-20(23-16)10-15-2-1-5-28(13-15)21-18-4-3-17(11-19(18)24-26-25-21)27-6-8-30-9-7-27/h3-4,11,14-15H,1-2,5-10,12-13H2. The number of thiazole rings is 1. The Morgan fingerprint density at radius 3 is 2.94 bits per heavy atom. The zero-order valence-electron chi connectivity index (χ0n) is 17.3. The summed E-state index contributed by atoms with van der Waals surface area (Å²) in [7, 11) is 0. The maximum atomic E-state index is 10.5. The second-order valence-corrected chi connectivity index (χ2v) is 9.03. The monoisotopic (exact) mass is 439 g/mol.